The Morgan fingerprint density at radius 3 is 1.45 bits per heavy atom. The lowest BCUT2D eigenvalue weighted by Gasteiger charge is -2.42. The largest absolute Gasteiger partial charge is 0.481 e. The molecule has 180 valence electrons. The van der Waals surface area contributed by atoms with Gasteiger partial charge in [0.25, 0.3) is 0 Å². The third kappa shape index (κ3) is 7.51. The van der Waals surface area contributed by atoms with E-state index in [9.17, 15) is 34.5 Å². The highest BCUT2D eigenvalue weighted by molar-refractivity contribution is 5.83. The highest BCUT2D eigenvalue weighted by Crippen LogP contribution is 2.47. The van der Waals surface area contributed by atoms with Crippen molar-refractivity contribution < 1.29 is 39.2 Å². The second-order valence-corrected chi connectivity index (χ2v) is 10.6. The molecule has 0 heterocycles. The second kappa shape index (κ2) is 11.0. The summed E-state index contributed by atoms with van der Waals surface area (Å²) in [6, 6.07) is 0. The van der Waals surface area contributed by atoms with Crippen molar-refractivity contribution in [1.82, 2.24) is 0 Å². The number of methoxy groups -OCH3 is 1. The molecule has 8 nitrogen and oxygen atoms in total. The summed E-state index contributed by atoms with van der Waals surface area (Å²) in [4.78, 5) is 49.1. The molecule has 0 bridgehead atoms. The zero-order chi connectivity index (χ0) is 24.9. The normalized spacial score (nSPS) is 16.5. The molecule has 0 spiro atoms. The van der Waals surface area contributed by atoms with E-state index in [0.29, 0.717) is 6.42 Å². The predicted octanol–water partition coefficient (Wildman–Crippen LogP) is 4.02. The fraction of sp³-hybridized carbons (Fsp3) is 0.826. The molecule has 0 fully saturated rings. The number of hydrogen-bond donors (Lipinski definition) is 3. The van der Waals surface area contributed by atoms with Crippen LogP contribution in [-0.2, 0) is 23.9 Å². The van der Waals surface area contributed by atoms with Crippen LogP contribution in [0.5, 0.6) is 0 Å². The van der Waals surface area contributed by atoms with Gasteiger partial charge in [0.2, 0.25) is 0 Å². The molecule has 0 rings (SSSR count). The van der Waals surface area contributed by atoms with Crippen LogP contribution >= 0.6 is 0 Å². The van der Waals surface area contributed by atoms with Gasteiger partial charge >= 0.3 is 23.9 Å². The number of esters is 1. The van der Waals surface area contributed by atoms with E-state index in [0.717, 1.165) is 0 Å². The standard InChI is InChI=1S/C23H40O8/c1-12(2)10-22(5,6)16(19(26)27)14(21(30)31-9)11-23(7,8)17(20(28)29)15(13(3)4)18(24)25/h12-17H,10-11H2,1-9H3,(H,24,25)(H,26,27)(H,28,29). The molecular weight excluding hydrogens is 404 g/mol. The van der Waals surface area contributed by atoms with Crippen LogP contribution in [0, 0.1) is 46.3 Å². The minimum absolute atomic E-state index is 0.133. The molecule has 0 aliphatic carbocycles. The summed E-state index contributed by atoms with van der Waals surface area (Å²) in [5, 5.41) is 29.7. The first-order chi connectivity index (χ1) is 13.9. The SMILES string of the molecule is COC(=O)C(CC(C)(C)C(C(=O)O)C(C(=O)O)C(C)C)C(C(=O)O)C(C)(C)CC(C)C. The van der Waals surface area contributed by atoms with Crippen molar-refractivity contribution in [2.45, 2.75) is 68.2 Å². The van der Waals surface area contributed by atoms with Gasteiger partial charge in [-0.2, -0.15) is 0 Å². The fourth-order valence-corrected chi connectivity index (χ4v) is 5.20. The lowest BCUT2D eigenvalue weighted by Crippen LogP contribution is -2.48. The molecule has 4 atom stereocenters. The average molecular weight is 445 g/mol. The second-order valence-electron chi connectivity index (χ2n) is 10.6. The number of hydrogen-bond acceptors (Lipinski definition) is 5. The lowest BCUT2D eigenvalue weighted by atomic mass is 9.60. The summed E-state index contributed by atoms with van der Waals surface area (Å²) in [6.45, 7) is 13.9. The van der Waals surface area contributed by atoms with Crippen LogP contribution in [0.4, 0.5) is 0 Å². The Balaban J connectivity index is 6.48. The van der Waals surface area contributed by atoms with E-state index in [2.05, 4.69) is 0 Å². The molecule has 31 heavy (non-hydrogen) atoms. The molecule has 0 radical (unpaired) electrons. The van der Waals surface area contributed by atoms with Gasteiger partial charge in [-0.15, -0.1) is 0 Å². The van der Waals surface area contributed by atoms with E-state index in [4.69, 9.17) is 4.74 Å². The number of carbonyl (C=O) groups excluding carboxylic acids is 1. The number of carboxylic acids is 3. The average Bonchev–Trinajstić information content (AvgIpc) is 2.54. The Hall–Kier alpha value is -2.12. The van der Waals surface area contributed by atoms with Crippen molar-refractivity contribution in [3.63, 3.8) is 0 Å². The zero-order valence-corrected chi connectivity index (χ0v) is 20.3. The maximum atomic E-state index is 12.7. The summed E-state index contributed by atoms with van der Waals surface area (Å²) in [5.41, 5.74) is -1.97. The summed E-state index contributed by atoms with van der Waals surface area (Å²) < 4.78 is 4.92. The topological polar surface area (TPSA) is 138 Å². The van der Waals surface area contributed by atoms with Gasteiger partial charge in [-0.25, -0.2) is 0 Å². The van der Waals surface area contributed by atoms with Crippen LogP contribution in [0.25, 0.3) is 0 Å². The van der Waals surface area contributed by atoms with Gasteiger partial charge in [-0.3, -0.25) is 19.2 Å². The van der Waals surface area contributed by atoms with Crippen molar-refractivity contribution in [2.24, 2.45) is 46.3 Å². The molecule has 0 aromatic carbocycles. The molecule has 0 aromatic rings. The van der Waals surface area contributed by atoms with E-state index in [1.54, 1.807) is 41.5 Å². The first-order valence-corrected chi connectivity index (χ1v) is 10.7. The molecule has 0 amide bonds. The monoisotopic (exact) mass is 444 g/mol. The fourth-order valence-electron chi connectivity index (χ4n) is 5.20. The van der Waals surface area contributed by atoms with Crippen LogP contribution in [0.15, 0.2) is 0 Å². The molecule has 0 saturated heterocycles. The Morgan fingerprint density at radius 1 is 0.742 bits per heavy atom. The van der Waals surface area contributed by atoms with E-state index in [1.807, 2.05) is 13.8 Å². The molecule has 3 N–H and O–H groups in total. The first-order valence-electron chi connectivity index (χ1n) is 10.7. The number of ether oxygens (including phenoxy) is 1. The summed E-state index contributed by atoms with van der Waals surface area (Å²) >= 11 is 0. The lowest BCUT2D eigenvalue weighted by molar-refractivity contribution is -0.168. The van der Waals surface area contributed by atoms with Gasteiger partial charge in [0, 0.05) is 0 Å². The van der Waals surface area contributed by atoms with Crippen LogP contribution in [-0.4, -0.2) is 46.3 Å². The molecule has 8 heteroatoms. The maximum absolute atomic E-state index is 12.7. The molecule has 4 unspecified atom stereocenters. The van der Waals surface area contributed by atoms with E-state index >= 15 is 0 Å². The summed E-state index contributed by atoms with van der Waals surface area (Å²) in [7, 11) is 1.17. The quantitative estimate of drug-likeness (QED) is 0.362. The number of carbonyl (C=O) groups is 4. The van der Waals surface area contributed by atoms with Gasteiger partial charge in [0.1, 0.15) is 0 Å². The van der Waals surface area contributed by atoms with Crippen LogP contribution in [0.1, 0.15) is 68.2 Å². The van der Waals surface area contributed by atoms with Crippen molar-refractivity contribution >= 4 is 23.9 Å². The summed E-state index contributed by atoms with van der Waals surface area (Å²) in [5.74, 6) is -9.50. The highest BCUT2D eigenvalue weighted by atomic mass is 16.5. The smallest absolute Gasteiger partial charge is 0.309 e. The van der Waals surface area contributed by atoms with E-state index in [1.165, 1.54) is 7.11 Å². The van der Waals surface area contributed by atoms with Crippen molar-refractivity contribution in [3.05, 3.63) is 0 Å². The number of carboxylic acid groups (broad SMARTS) is 3. The van der Waals surface area contributed by atoms with Crippen LogP contribution < -0.4 is 0 Å². The van der Waals surface area contributed by atoms with Crippen molar-refractivity contribution in [2.75, 3.05) is 7.11 Å². The third-order valence-electron chi connectivity index (χ3n) is 6.17. The van der Waals surface area contributed by atoms with E-state index in [-0.39, 0.29) is 12.3 Å². The molecular formula is C23H40O8. The molecule has 0 aliphatic heterocycles. The van der Waals surface area contributed by atoms with Crippen LogP contribution in [0.3, 0.4) is 0 Å². The summed E-state index contributed by atoms with van der Waals surface area (Å²) in [6.07, 6.45) is 0.398. The van der Waals surface area contributed by atoms with Gasteiger partial charge in [0.05, 0.1) is 30.8 Å². The van der Waals surface area contributed by atoms with Crippen molar-refractivity contribution in [3.8, 4) is 0 Å². The zero-order valence-electron chi connectivity index (χ0n) is 20.3. The van der Waals surface area contributed by atoms with E-state index < -0.39 is 64.3 Å². The Morgan fingerprint density at radius 2 is 1.16 bits per heavy atom. The van der Waals surface area contributed by atoms with Gasteiger partial charge in [0.15, 0.2) is 0 Å². The first kappa shape index (κ1) is 28.9. The van der Waals surface area contributed by atoms with Gasteiger partial charge in [-0.05, 0) is 35.5 Å². The molecule has 0 saturated carbocycles. The van der Waals surface area contributed by atoms with Crippen LogP contribution in [0.2, 0.25) is 0 Å². The van der Waals surface area contributed by atoms with Gasteiger partial charge < -0.3 is 20.1 Å². The Kier molecular flexibility index (Phi) is 10.2. The van der Waals surface area contributed by atoms with Crippen molar-refractivity contribution in [1.29, 1.82) is 0 Å². The highest BCUT2D eigenvalue weighted by Gasteiger charge is 2.51. The molecule has 0 aliphatic rings. The number of rotatable bonds is 13. The molecule has 0 aromatic heterocycles. The third-order valence-corrected chi connectivity index (χ3v) is 6.17. The Labute approximate surface area is 185 Å². The maximum Gasteiger partial charge on any atom is 0.309 e. The van der Waals surface area contributed by atoms with Gasteiger partial charge in [-0.1, -0.05) is 55.4 Å². The Bertz CT molecular complexity index is 662. The minimum atomic E-state index is -1.32. The minimum Gasteiger partial charge on any atom is -0.481 e. The number of aliphatic carboxylic acids is 3. The predicted molar refractivity (Wildman–Crippen MR) is 115 cm³/mol.